The summed E-state index contributed by atoms with van der Waals surface area (Å²) >= 11 is 0. The maximum atomic E-state index is 12.1. The van der Waals surface area contributed by atoms with Gasteiger partial charge in [-0.05, 0) is 0 Å². The van der Waals surface area contributed by atoms with Crippen LogP contribution in [0.2, 0.25) is 0 Å². The van der Waals surface area contributed by atoms with Gasteiger partial charge in [0.05, 0.1) is 25.9 Å². The molecule has 6 heteroatoms. The Balaban J connectivity index is 1.67. The van der Waals surface area contributed by atoms with Crippen LogP contribution in [0.15, 0.2) is 10.2 Å². The minimum absolute atomic E-state index is 0.0246. The van der Waals surface area contributed by atoms with Crippen LogP contribution in [0.25, 0.3) is 0 Å². The van der Waals surface area contributed by atoms with Crippen molar-refractivity contribution in [2.75, 3.05) is 33.4 Å². The van der Waals surface area contributed by atoms with Crippen LogP contribution in [0.5, 0.6) is 0 Å². The maximum absolute atomic E-state index is 12.1. The molecule has 2 rings (SSSR count). The van der Waals surface area contributed by atoms with E-state index in [1.54, 1.807) is 11.9 Å². The number of hydrogen-bond donors (Lipinski definition) is 0. The first kappa shape index (κ1) is 14.9. The van der Waals surface area contributed by atoms with Crippen LogP contribution in [0.3, 0.4) is 0 Å². The molecule has 1 amide bonds. The van der Waals surface area contributed by atoms with E-state index in [1.165, 1.54) is 0 Å². The van der Waals surface area contributed by atoms with E-state index in [0.29, 0.717) is 45.6 Å². The van der Waals surface area contributed by atoms with Gasteiger partial charge >= 0.3 is 0 Å². The Bertz CT molecular complexity index is 404. The van der Waals surface area contributed by atoms with Crippen molar-refractivity contribution in [1.29, 1.82) is 0 Å². The van der Waals surface area contributed by atoms with Gasteiger partial charge in [-0.3, -0.25) is 4.79 Å². The van der Waals surface area contributed by atoms with Crippen molar-refractivity contribution in [2.24, 2.45) is 10.2 Å². The molecule has 0 aromatic rings. The van der Waals surface area contributed by atoms with Gasteiger partial charge in [0.1, 0.15) is 0 Å². The number of hydrogen-bond acceptors (Lipinski definition) is 5. The molecule has 1 unspecified atom stereocenters. The molecular formula is C14H21N3O3. The lowest BCUT2D eigenvalue weighted by atomic mass is 10.0. The second-order valence-corrected chi connectivity index (χ2v) is 5.23. The minimum atomic E-state index is -0.382. The summed E-state index contributed by atoms with van der Waals surface area (Å²) in [7, 11) is 1.79. The van der Waals surface area contributed by atoms with Crippen LogP contribution in [0, 0.1) is 12.3 Å². The van der Waals surface area contributed by atoms with Gasteiger partial charge in [0.15, 0.2) is 5.66 Å². The highest BCUT2D eigenvalue weighted by Crippen LogP contribution is 2.37. The Morgan fingerprint density at radius 1 is 1.45 bits per heavy atom. The smallest absolute Gasteiger partial charge is 0.222 e. The molecule has 0 N–H and O–H groups in total. The molecule has 20 heavy (non-hydrogen) atoms. The number of likely N-dealkylation sites (N-methyl/N-ethyl adjacent to an activating group) is 1. The van der Waals surface area contributed by atoms with E-state index >= 15 is 0 Å². The molecule has 1 saturated heterocycles. The topological polar surface area (TPSA) is 63.5 Å². The zero-order valence-electron chi connectivity index (χ0n) is 11.9. The normalized spacial score (nSPS) is 23.1. The van der Waals surface area contributed by atoms with Crippen molar-refractivity contribution < 1.29 is 14.3 Å². The number of nitrogens with zero attached hydrogens (tertiary/aromatic N) is 3. The second kappa shape index (κ2) is 6.82. The Morgan fingerprint density at radius 2 is 2.25 bits per heavy atom. The quantitative estimate of drug-likeness (QED) is 0.658. The van der Waals surface area contributed by atoms with Crippen LogP contribution in [-0.4, -0.2) is 56.0 Å². The third-order valence-corrected chi connectivity index (χ3v) is 3.58. The average Bonchev–Trinajstić information content (AvgIpc) is 3.24. The van der Waals surface area contributed by atoms with Gasteiger partial charge in [0.2, 0.25) is 5.91 Å². The zero-order chi connectivity index (χ0) is 14.4. The number of ether oxygens (including phenoxy) is 2. The SMILES string of the molecule is C#CCCC1(CCC(=O)N(C)CC2COCCO2)N=N1. The first-order valence-electron chi connectivity index (χ1n) is 6.96. The molecule has 2 aliphatic heterocycles. The number of rotatable bonds is 7. The summed E-state index contributed by atoms with van der Waals surface area (Å²) in [6.45, 7) is 2.34. The van der Waals surface area contributed by atoms with Gasteiger partial charge in [-0.25, -0.2) is 0 Å². The fourth-order valence-corrected chi connectivity index (χ4v) is 2.22. The van der Waals surface area contributed by atoms with Crippen LogP contribution in [0.1, 0.15) is 25.7 Å². The van der Waals surface area contributed by atoms with E-state index in [-0.39, 0.29) is 17.7 Å². The number of terminal acetylenes is 1. The van der Waals surface area contributed by atoms with Gasteiger partial charge in [-0.1, -0.05) is 0 Å². The molecule has 0 aromatic carbocycles. The Morgan fingerprint density at radius 3 is 2.85 bits per heavy atom. The third kappa shape index (κ3) is 4.29. The molecule has 1 atom stereocenters. The predicted molar refractivity (Wildman–Crippen MR) is 73.1 cm³/mol. The molecule has 110 valence electrons. The summed E-state index contributed by atoms with van der Waals surface area (Å²) in [6.07, 6.45) is 7.66. The summed E-state index contributed by atoms with van der Waals surface area (Å²) < 4.78 is 10.9. The molecule has 6 nitrogen and oxygen atoms in total. The molecule has 0 bridgehead atoms. The Hall–Kier alpha value is -1.45. The first-order valence-corrected chi connectivity index (χ1v) is 6.96. The molecule has 0 spiro atoms. The van der Waals surface area contributed by atoms with E-state index < -0.39 is 0 Å². The molecule has 2 aliphatic rings. The van der Waals surface area contributed by atoms with E-state index in [4.69, 9.17) is 15.9 Å². The summed E-state index contributed by atoms with van der Waals surface area (Å²) in [4.78, 5) is 13.8. The minimum Gasteiger partial charge on any atom is -0.376 e. The molecular weight excluding hydrogens is 258 g/mol. The van der Waals surface area contributed by atoms with E-state index in [1.807, 2.05) is 0 Å². The molecule has 0 saturated carbocycles. The molecule has 1 fully saturated rings. The predicted octanol–water partition coefficient (Wildman–Crippen LogP) is 1.22. The van der Waals surface area contributed by atoms with E-state index in [0.717, 1.165) is 6.42 Å². The maximum Gasteiger partial charge on any atom is 0.222 e. The number of carbonyl (C=O) groups excluding carboxylic acids is 1. The highest BCUT2D eigenvalue weighted by atomic mass is 16.6. The van der Waals surface area contributed by atoms with Gasteiger partial charge in [0, 0.05) is 39.3 Å². The zero-order valence-corrected chi connectivity index (χ0v) is 11.9. The first-order chi connectivity index (χ1) is 9.65. The molecule has 2 heterocycles. The fraction of sp³-hybridized carbons (Fsp3) is 0.786. The largest absolute Gasteiger partial charge is 0.376 e. The monoisotopic (exact) mass is 279 g/mol. The molecule has 0 aromatic heterocycles. The fourth-order valence-electron chi connectivity index (χ4n) is 2.22. The van der Waals surface area contributed by atoms with Crippen molar-refractivity contribution in [3.05, 3.63) is 0 Å². The van der Waals surface area contributed by atoms with Crippen LogP contribution in [0.4, 0.5) is 0 Å². The van der Waals surface area contributed by atoms with E-state index in [9.17, 15) is 4.79 Å². The Labute approximate surface area is 119 Å². The van der Waals surface area contributed by atoms with Crippen molar-refractivity contribution in [1.82, 2.24) is 4.90 Å². The van der Waals surface area contributed by atoms with Gasteiger partial charge in [-0.15, -0.1) is 12.3 Å². The number of amides is 1. The summed E-state index contributed by atoms with van der Waals surface area (Å²) in [5.41, 5.74) is -0.382. The standard InChI is InChI=1S/C14H21N3O3/c1-3-4-6-14(15-16-14)7-5-13(18)17(2)10-12-11-19-8-9-20-12/h1,12H,4-11H2,2H3. The van der Waals surface area contributed by atoms with Gasteiger partial charge in [0.25, 0.3) is 0 Å². The van der Waals surface area contributed by atoms with E-state index in [2.05, 4.69) is 16.1 Å². The van der Waals surface area contributed by atoms with Crippen LogP contribution < -0.4 is 0 Å². The van der Waals surface area contributed by atoms with Crippen molar-refractivity contribution in [3.63, 3.8) is 0 Å². The lowest BCUT2D eigenvalue weighted by Gasteiger charge is -2.27. The summed E-state index contributed by atoms with van der Waals surface area (Å²) in [6, 6.07) is 0. The van der Waals surface area contributed by atoms with Gasteiger partial charge < -0.3 is 14.4 Å². The van der Waals surface area contributed by atoms with Crippen molar-refractivity contribution in [2.45, 2.75) is 37.5 Å². The lowest BCUT2D eigenvalue weighted by molar-refractivity contribution is -0.136. The third-order valence-electron chi connectivity index (χ3n) is 3.58. The van der Waals surface area contributed by atoms with Crippen LogP contribution in [-0.2, 0) is 14.3 Å². The highest BCUT2D eigenvalue weighted by molar-refractivity contribution is 5.76. The lowest BCUT2D eigenvalue weighted by Crippen LogP contribution is -2.41. The van der Waals surface area contributed by atoms with Crippen LogP contribution >= 0.6 is 0 Å². The highest BCUT2D eigenvalue weighted by Gasteiger charge is 2.39. The average molecular weight is 279 g/mol. The van der Waals surface area contributed by atoms with Crippen molar-refractivity contribution >= 4 is 5.91 Å². The van der Waals surface area contributed by atoms with Crippen molar-refractivity contribution in [3.8, 4) is 12.3 Å². The summed E-state index contributed by atoms with van der Waals surface area (Å²) in [5, 5.41) is 8.06. The summed E-state index contributed by atoms with van der Waals surface area (Å²) in [5.74, 6) is 2.66. The molecule has 0 radical (unpaired) electrons. The second-order valence-electron chi connectivity index (χ2n) is 5.23. The van der Waals surface area contributed by atoms with Gasteiger partial charge in [-0.2, -0.15) is 10.2 Å². The molecule has 0 aliphatic carbocycles. The number of carbonyl (C=O) groups is 1. The Kier molecular flexibility index (Phi) is 5.10.